The Labute approximate surface area is 131 Å². The maximum Gasteiger partial charge on any atom is 0.534 e. The molecule has 9 heteroatoms. The Balaban J connectivity index is 3.63. The van der Waals surface area contributed by atoms with Gasteiger partial charge >= 0.3 is 15.6 Å². The molecular weight excluding hydrogens is 349 g/mol. The van der Waals surface area contributed by atoms with E-state index in [-0.39, 0.29) is 5.75 Å². The number of alkyl halides is 3. The van der Waals surface area contributed by atoms with Crippen LogP contribution in [0.3, 0.4) is 0 Å². The van der Waals surface area contributed by atoms with Crippen molar-refractivity contribution >= 4 is 36.6 Å². The normalized spacial score (nSPS) is 14.0. The largest absolute Gasteiger partial charge is 0.534 e. The molecule has 0 bridgehead atoms. The van der Waals surface area contributed by atoms with Gasteiger partial charge in [0, 0.05) is 0 Å². The zero-order valence-electron chi connectivity index (χ0n) is 13.5. The molecule has 0 atom stereocenters. The quantitative estimate of drug-likeness (QED) is 0.465. The minimum absolute atomic E-state index is 0.113. The summed E-state index contributed by atoms with van der Waals surface area (Å²) in [5, 5.41) is 1.17. The molecule has 22 heavy (non-hydrogen) atoms. The monoisotopic (exact) mass is 370 g/mol. The third-order valence-electron chi connectivity index (χ3n) is 3.11. The highest BCUT2D eigenvalue weighted by Gasteiger charge is 2.49. The van der Waals surface area contributed by atoms with Crippen molar-refractivity contribution in [2.24, 2.45) is 0 Å². The summed E-state index contributed by atoms with van der Waals surface area (Å²) < 4.78 is 65.6. The van der Waals surface area contributed by atoms with Crippen LogP contribution in [0.2, 0.25) is 39.3 Å². The van der Waals surface area contributed by atoms with E-state index in [1.165, 1.54) is 0 Å². The Kier molecular flexibility index (Phi) is 4.97. The van der Waals surface area contributed by atoms with E-state index in [2.05, 4.69) is 4.18 Å². The van der Waals surface area contributed by atoms with Crippen molar-refractivity contribution in [1.29, 1.82) is 0 Å². The van der Waals surface area contributed by atoms with Crippen molar-refractivity contribution < 1.29 is 25.8 Å². The molecule has 3 nitrogen and oxygen atoms in total. The molecule has 0 aliphatic carbocycles. The lowest BCUT2D eigenvalue weighted by Crippen LogP contribution is -2.48. The zero-order chi connectivity index (χ0) is 17.6. The van der Waals surface area contributed by atoms with E-state index in [0.29, 0.717) is 10.4 Å². The predicted octanol–water partition coefficient (Wildman–Crippen LogP) is 3.01. The van der Waals surface area contributed by atoms with Gasteiger partial charge in [0.1, 0.15) is 5.75 Å². The first-order valence-corrected chi connectivity index (χ1v) is 15.1. The van der Waals surface area contributed by atoms with Crippen molar-refractivity contribution in [3.8, 4) is 5.75 Å². The van der Waals surface area contributed by atoms with Crippen LogP contribution in [0, 0.1) is 0 Å². The van der Waals surface area contributed by atoms with Gasteiger partial charge in [0.25, 0.3) is 0 Å². The number of halogens is 3. The molecule has 0 aliphatic rings. The van der Waals surface area contributed by atoms with E-state index in [0.717, 1.165) is 0 Å². The van der Waals surface area contributed by atoms with Crippen LogP contribution < -0.4 is 14.6 Å². The van der Waals surface area contributed by atoms with E-state index >= 15 is 0 Å². The second kappa shape index (κ2) is 5.68. The van der Waals surface area contributed by atoms with Crippen molar-refractivity contribution in [1.82, 2.24) is 0 Å². The van der Waals surface area contributed by atoms with Crippen LogP contribution in [0.1, 0.15) is 0 Å². The number of hydrogen-bond donors (Lipinski definition) is 0. The lowest BCUT2D eigenvalue weighted by Gasteiger charge is -2.27. The molecule has 0 unspecified atom stereocenters. The van der Waals surface area contributed by atoms with E-state index in [4.69, 9.17) is 0 Å². The van der Waals surface area contributed by atoms with Crippen molar-refractivity contribution in [2.75, 3.05) is 0 Å². The fourth-order valence-corrected chi connectivity index (χ4v) is 5.66. The van der Waals surface area contributed by atoms with Gasteiger partial charge in [0.2, 0.25) is 0 Å². The number of hydrogen-bond acceptors (Lipinski definition) is 3. The predicted molar refractivity (Wildman–Crippen MR) is 88.0 cm³/mol. The van der Waals surface area contributed by atoms with Crippen LogP contribution >= 0.6 is 0 Å². The average Bonchev–Trinajstić information content (AvgIpc) is 2.23. The lowest BCUT2D eigenvalue weighted by atomic mass is 10.3. The highest BCUT2D eigenvalue weighted by Crippen LogP contribution is 2.27. The minimum atomic E-state index is -5.67. The highest BCUT2D eigenvalue weighted by atomic mass is 32.2. The standard InChI is InChI=1S/C13H21F3O3SSi2/c1-21(2,3)10-8-7-9-11(22(4,5)6)12(10)19-20(17,18)13(14,15)16/h7-9H,1-6H3. The minimum Gasteiger partial charge on any atom is -0.376 e. The Morgan fingerprint density at radius 2 is 1.27 bits per heavy atom. The molecule has 0 heterocycles. The molecule has 0 aliphatic heterocycles. The fraction of sp³-hybridized carbons (Fsp3) is 0.538. The van der Waals surface area contributed by atoms with Gasteiger partial charge in [-0.25, -0.2) is 0 Å². The zero-order valence-corrected chi connectivity index (χ0v) is 16.3. The molecule has 1 aromatic rings. The van der Waals surface area contributed by atoms with Crippen LogP contribution in [-0.2, 0) is 10.1 Å². The molecule has 0 saturated carbocycles. The molecule has 0 spiro atoms. The molecule has 126 valence electrons. The van der Waals surface area contributed by atoms with Gasteiger partial charge in [-0.2, -0.15) is 21.6 Å². The second-order valence-corrected chi connectivity index (χ2v) is 18.8. The van der Waals surface area contributed by atoms with Gasteiger partial charge in [0.15, 0.2) is 0 Å². The number of para-hydroxylation sites is 1. The number of benzene rings is 1. The van der Waals surface area contributed by atoms with Gasteiger partial charge < -0.3 is 4.18 Å². The van der Waals surface area contributed by atoms with Crippen LogP contribution in [0.25, 0.3) is 0 Å². The summed E-state index contributed by atoms with van der Waals surface area (Å²) in [7, 11) is -9.83. The maximum atomic E-state index is 12.7. The summed E-state index contributed by atoms with van der Waals surface area (Å²) in [6.07, 6.45) is 0. The van der Waals surface area contributed by atoms with Crippen LogP contribution in [0.4, 0.5) is 13.2 Å². The number of rotatable bonds is 4. The van der Waals surface area contributed by atoms with Gasteiger partial charge in [-0.05, 0) is 10.4 Å². The first kappa shape index (κ1) is 19.2. The van der Waals surface area contributed by atoms with Gasteiger partial charge in [-0.1, -0.05) is 57.5 Å². The molecular formula is C13H21F3O3SSi2. The summed E-state index contributed by atoms with van der Waals surface area (Å²) in [4.78, 5) is 0. The third kappa shape index (κ3) is 4.14. The van der Waals surface area contributed by atoms with Gasteiger partial charge in [0.05, 0.1) is 16.1 Å². The highest BCUT2D eigenvalue weighted by molar-refractivity contribution is 7.88. The summed E-state index contributed by atoms with van der Waals surface area (Å²) in [5.74, 6) is -0.113. The van der Waals surface area contributed by atoms with Crippen LogP contribution in [0.15, 0.2) is 18.2 Å². The molecule has 0 radical (unpaired) electrons. The molecule has 0 aromatic heterocycles. The van der Waals surface area contributed by atoms with Crippen molar-refractivity contribution in [3.05, 3.63) is 18.2 Å². The van der Waals surface area contributed by atoms with E-state index in [1.54, 1.807) is 18.2 Å². The maximum absolute atomic E-state index is 12.7. The molecule has 1 rings (SSSR count). The topological polar surface area (TPSA) is 43.4 Å². The van der Waals surface area contributed by atoms with Crippen molar-refractivity contribution in [2.45, 2.75) is 44.8 Å². The molecule has 0 fully saturated rings. The second-order valence-electron chi connectivity index (χ2n) is 7.17. The summed E-state index contributed by atoms with van der Waals surface area (Å²) in [5.41, 5.74) is -5.43. The Morgan fingerprint density at radius 3 is 1.55 bits per heavy atom. The van der Waals surface area contributed by atoms with E-state index in [9.17, 15) is 21.6 Å². The Bertz CT molecular complexity index is 624. The van der Waals surface area contributed by atoms with E-state index < -0.39 is 31.8 Å². The smallest absolute Gasteiger partial charge is 0.376 e. The SMILES string of the molecule is C[Si](C)(C)c1cccc([Si](C)(C)C)c1OS(=O)(=O)C(F)(F)F. The molecule has 0 N–H and O–H groups in total. The van der Waals surface area contributed by atoms with Gasteiger partial charge in [-0.3, -0.25) is 0 Å². The molecule has 0 amide bonds. The Morgan fingerprint density at radius 1 is 0.909 bits per heavy atom. The summed E-state index contributed by atoms with van der Waals surface area (Å²) in [6, 6.07) is 5.09. The first-order chi connectivity index (χ1) is 9.57. The van der Waals surface area contributed by atoms with Crippen LogP contribution in [0.5, 0.6) is 5.75 Å². The Hall–Kier alpha value is -0.806. The molecule has 1 aromatic carbocycles. The van der Waals surface area contributed by atoms with Crippen LogP contribution in [-0.4, -0.2) is 30.1 Å². The lowest BCUT2D eigenvalue weighted by molar-refractivity contribution is -0.0499. The fourth-order valence-electron chi connectivity index (χ4n) is 1.96. The average molecular weight is 371 g/mol. The summed E-state index contributed by atoms with van der Waals surface area (Å²) >= 11 is 0. The third-order valence-corrected chi connectivity index (χ3v) is 8.08. The van der Waals surface area contributed by atoms with Crippen molar-refractivity contribution in [3.63, 3.8) is 0 Å². The first-order valence-electron chi connectivity index (χ1n) is 6.72. The van der Waals surface area contributed by atoms with E-state index in [1.807, 2.05) is 39.3 Å². The van der Waals surface area contributed by atoms with Gasteiger partial charge in [-0.15, -0.1) is 0 Å². The summed E-state index contributed by atoms with van der Waals surface area (Å²) in [6.45, 7) is 11.6. The molecule has 0 saturated heterocycles.